The number of aromatic nitrogens is 1. The third-order valence-electron chi connectivity index (χ3n) is 6.05. The summed E-state index contributed by atoms with van der Waals surface area (Å²) in [6.45, 7) is 13.8. The number of nitrogens with one attached hydrogen (secondary N) is 2. The molecule has 1 aromatic rings. The average Bonchev–Trinajstić information content (AvgIpc) is 2.78. The number of likely N-dealkylation sites (tertiary alicyclic amines) is 1. The number of nitrogens with zero attached hydrogens (tertiary/aromatic N) is 4. The maximum Gasteiger partial charge on any atom is 0.191 e. The summed E-state index contributed by atoms with van der Waals surface area (Å²) >= 11 is 0. The van der Waals surface area contributed by atoms with Gasteiger partial charge in [-0.2, -0.15) is 0 Å². The lowest BCUT2D eigenvalue weighted by Crippen LogP contribution is -2.45. The van der Waals surface area contributed by atoms with Crippen LogP contribution in [0.5, 0.6) is 0 Å². The maximum atomic E-state index is 5.62. The predicted molar refractivity (Wildman–Crippen MR) is 124 cm³/mol. The van der Waals surface area contributed by atoms with E-state index in [1.165, 1.54) is 32.2 Å². The molecule has 2 fully saturated rings. The Balaban J connectivity index is 1.48. The summed E-state index contributed by atoms with van der Waals surface area (Å²) in [5.41, 5.74) is 1.12. The summed E-state index contributed by atoms with van der Waals surface area (Å²) in [4.78, 5) is 14.3. The summed E-state index contributed by atoms with van der Waals surface area (Å²) in [5, 5.41) is 6.87. The first-order valence-corrected chi connectivity index (χ1v) is 11.8. The van der Waals surface area contributed by atoms with Gasteiger partial charge in [0, 0.05) is 45.0 Å². The highest BCUT2D eigenvalue weighted by molar-refractivity contribution is 5.79. The van der Waals surface area contributed by atoms with Crippen molar-refractivity contribution in [2.45, 2.75) is 65.1 Å². The predicted octanol–water partition coefficient (Wildman–Crippen LogP) is 2.63. The number of anilines is 1. The zero-order valence-electron chi connectivity index (χ0n) is 19.1. The number of ether oxygens (including phenoxy) is 1. The van der Waals surface area contributed by atoms with Gasteiger partial charge >= 0.3 is 0 Å². The van der Waals surface area contributed by atoms with E-state index in [0.29, 0.717) is 6.54 Å². The fourth-order valence-electron chi connectivity index (χ4n) is 4.37. The highest BCUT2D eigenvalue weighted by Gasteiger charge is 2.20. The number of hydrogen-bond donors (Lipinski definition) is 2. The molecule has 3 rings (SSSR count). The number of aliphatic imine (C=N–C) groups is 1. The molecule has 3 heterocycles. The monoisotopic (exact) mass is 416 g/mol. The van der Waals surface area contributed by atoms with Gasteiger partial charge in [-0.05, 0) is 51.3 Å². The molecule has 0 aromatic carbocycles. The molecule has 2 atom stereocenters. The van der Waals surface area contributed by atoms with Crippen LogP contribution in [0.2, 0.25) is 0 Å². The number of guanidine groups is 1. The van der Waals surface area contributed by atoms with Crippen molar-refractivity contribution < 1.29 is 4.74 Å². The van der Waals surface area contributed by atoms with Crippen molar-refractivity contribution in [3.05, 3.63) is 23.9 Å². The fourth-order valence-corrected chi connectivity index (χ4v) is 4.37. The van der Waals surface area contributed by atoms with Crippen molar-refractivity contribution in [1.29, 1.82) is 0 Å². The largest absolute Gasteiger partial charge is 0.375 e. The van der Waals surface area contributed by atoms with E-state index < -0.39 is 0 Å². The first-order valence-electron chi connectivity index (χ1n) is 11.8. The van der Waals surface area contributed by atoms with Gasteiger partial charge in [0.2, 0.25) is 0 Å². The number of piperidine rings is 1. The second-order valence-electron chi connectivity index (χ2n) is 8.37. The second kappa shape index (κ2) is 12.1. The van der Waals surface area contributed by atoms with Crippen LogP contribution in [0.3, 0.4) is 0 Å². The third kappa shape index (κ3) is 6.84. The molecular weight excluding hydrogens is 376 g/mol. The summed E-state index contributed by atoms with van der Waals surface area (Å²) < 4.78 is 5.62. The molecule has 7 heteroatoms. The molecule has 2 aliphatic heterocycles. The first-order chi connectivity index (χ1) is 14.7. The molecular formula is C23H40N6O. The Bertz CT molecular complexity index is 650. The molecule has 0 spiro atoms. The molecule has 7 nitrogen and oxygen atoms in total. The molecule has 2 N–H and O–H groups in total. The minimum atomic E-state index is 0.260. The molecule has 2 saturated heterocycles. The van der Waals surface area contributed by atoms with Crippen LogP contribution in [0.15, 0.2) is 23.3 Å². The summed E-state index contributed by atoms with van der Waals surface area (Å²) in [7, 11) is 0. The average molecular weight is 417 g/mol. The Morgan fingerprint density at radius 2 is 2.13 bits per heavy atom. The Morgan fingerprint density at radius 1 is 1.23 bits per heavy atom. The summed E-state index contributed by atoms with van der Waals surface area (Å²) in [6, 6.07) is 4.98. The number of pyridine rings is 1. The van der Waals surface area contributed by atoms with Crippen molar-refractivity contribution in [2.75, 3.05) is 50.8 Å². The van der Waals surface area contributed by atoms with Crippen LogP contribution in [0, 0.1) is 0 Å². The van der Waals surface area contributed by atoms with E-state index in [1.54, 1.807) is 0 Å². The van der Waals surface area contributed by atoms with Crippen LogP contribution >= 0.6 is 0 Å². The van der Waals surface area contributed by atoms with Gasteiger partial charge in [0.25, 0.3) is 0 Å². The van der Waals surface area contributed by atoms with Crippen molar-refractivity contribution in [3.63, 3.8) is 0 Å². The SMILES string of the molecule is CCNC(=NCc1ccc(N2CCOC(C)C2)nc1)NCCN1CCCCC1CC. The van der Waals surface area contributed by atoms with Gasteiger partial charge in [-0.15, -0.1) is 0 Å². The topological polar surface area (TPSA) is 65.0 Å². The van der Waals surface area contributed by atoms with Crippen LogP contribution < -0.4 is 15.5 Å². The lowest BCUT2D eigenvalue weighted by molar-refractivity contribution is 0.0529. The highest BCUT2D eigenvalue weighted by Crippen LogP contribution is 2.18. The van der Waals surface area contributed by atoms with Gasteiger partial charge in [-0.1, -0.05) is 19.4 Å². The number of rotatable bonds is 8. The molecule has 0 aliphatic carbocycles. The lowest BCUT2D eigenvalue weighted by Gasteiger charge is -2.35. The smallest absolute Gasteiger partial charge is 0.191 e. The first kappa shape index (κ1) is 22.8. The van der Waals surface area contributed by atoms with Gasteiger partial charge in [-0.3, -0.25) is 4.90 Å². The Morgan fingerprint density at radius 3 is 2.87 bits per heavy atom. The van der Waals surface area contributed by atoms with E-state index in [0.717, 1.165) is 62.7 Å². The molecule has 30 heavy (non-hydrogen) atoms. The molecule has 0 saturated carbocycles. The van der Waals surface area contributed by atoms with E-state index in [2.05, 4.69) is 58.3 Å². The van der Waals surface area contributed by atoms with Crippen molar-refractivity contribution in [3.8, 4) is 0 Å². The Kier molecular flexibility index (Phi) is 9.21. The Labute approximate surface area is 182 Å². The maximum absolute atomic E-state index is 5.62. The van der Waals surface area contributed by atoms with E-state index in [4.69, 9.17) is 9.73 Å². The lowest BCUT2D eigenvalue weighted by atomic mass is 10.0. The number of morpholine rings is 1. The molecule has 1 aromatic heterocycles. The minimum absolute atomic E-state index is 0.260. The van der Waals surface area contributed by atoms with Crippen LogP contribution in [0.4, 0.5) is 5.82 Å². The normalized spacial score (nSPS) is 23.4. The van der Waals surface area contributed by atoms with E-state index in [-0.39, 0.29) is 6.10 Å². The summed E-state index contributed by atoms with van der Waals surface area (Å²) in [5.74, 6) is 1.91. The third-order valence-corrected chi connectivity index (χ3v) is 6.05. The number of hydrogen-bond acceptors (Lipinski definition) is 5. The van der Waals surface area contributed by atoms with Crippen molar-refractivity contribution in [1.82, 2.24) is 20.5 Å². The quantitative estimate of drug-likeness (QED) is 0.502. The molecule has 2 aliphatic rings. The van der Waals surface area contributed by atoms with Crippen LogP contribution in [0.1, 0.15) is 52.0 Å². The van der Waals surface area contributed by atoms with E-state index >= 15 is 0 Å². The summed E-state index contributed by atoms with van der Waals surface area (Å²) in [6.07, 6.45) is 7.51. The molecule has 0 amide bonds. The molecule has 0 radical (unpaired) electrons. The van der Waals surface area contributed by atoms with Crippen molar-refractivity contribution >= 4 is 11.8 Å². The Hall–Kier alpha value is -1.86. The minimum Gasteiger partial charge on any atom is -0.375 e. The van der Waals surface area contributed by atoms with Gasteiger partial charge in [0.1, 0.15) is 5.82 Å². The second-order valence-corrected chi connectivity index (χ2v) is 8.37. The van der Waals surface area contributed by atoms with Crippen LogP contribution in [0.25, 0.3) is 0 Å². The zero-order chi connectivity index (χ0) is 21.2. The molecule has 0 bridgehead atoms. The van der Waals surface area contributed by atoms with Gasteiger partial charge in [0.15, 0.2) is 5.96 Å². The van der Waals surface area contributed by atoms with Gasteiger partial charge in [-0.25, -0.2) is 9.98 Å². The van der Waals surface area contributed by atoms with Crippen LogP contribution in [-0.4, -0.2) is 73.9 Å². The van der Waals surface area contributed by atoms with Gasteiger partial charge in [0.05, 0.1) is 19.3 Å². The van der Waals surface area contributed by atoms with Crippen molar-refractivity contribution in [2.24, 2.45) is 4.99 Å². The highest BCUT2D eigenvalue weighted by atomic mass is 16.5. The zero-order valence-corrected chi connectivity index (χ0v) is 19.1. The molecule has 2 unspecified atom stereocenters. The fraction of sp³-hybridized carbons (Fsp3) is 0.739. The van der Waals surface area contributed by atoms with E-state index in [1.807, 2.05) is 6.20 Å². The molecule has 168 valence electrons. The van der Waals surface area contributed by atoms with Crippen LogP contribution in [-0.2, 0) is 11.3 Å². The standard InChI is InChI=1S/C23H40N6O/c1-4-21-8-6-7-12-28(21)13-11-25-23(24-5-2)27-17-20-9-10-22(26-16-20)29-14-15-30-19(3)18-29/h9-10,16,19,21H,4-8,11-15,17-18H2,1-3H3,(H2,24,25,27). The van der Waals surface area contributed by atoms with Gasteiger partial charge < -0.3 is 20.3 Å². The van der Waals surface area contributed by atoms with E-state index in [9.17, 15) is 0 Å².